The Kier molecular flexibility index (Phi) is 4.97. The van der Waals surface area contributed by atoms with Gasteiger partial charge in [-0.15, -0.1) is 0 Å². The Balaban J connectivity index is 2.62. The van der Waals surface area contributed by atoms with E-state index < -0.39 is 5.82 Å². The molecule has 1 amide bonds. The highest BCUT2D eigenvalue weighted by atomic mass is 127. The fourth-order valence-corrected chi connectivity index (χ4v) is 1.36. The Labute approximate surface area is 101 Å². The summed E-state index contributed by atoms with van der Waals surface area (Å²) in [4.78, 5) is 11.4. The number of nitrogens with one attached hydrogen (secondary N) is 1. The predicted molar refractivity (Wildman–Crippen MR) is 63.2 cm³/mol. The van der Waals surface area contributed by atoms with Gasteiger partial charge in [0.2, 0.25) is 0 Å². The highest BCUT2D eigenvalue weighted by molar-refractivity contribution is 14.1. The van der Waals surface area contributed by atoms with Gasteiger partial charge in [-0.1, -0.05) is 0 Å². The van der Waals surface area contributed by atoms with Gasteiger partial charge in [-0.2, -0.15) is 0 Å². The van der Waals surface area contributed by atoms with Gasteiger partial charge in [-0.3, -0.25) is 4.79 Å². The van der Waals surface area contributed by atoms with Gasteiger partial charge >= 0.3 is 0 Å². The summed E-state index contributed by atoms with van der Waals surface area (Å²) >= 11 is 1.86. The largest absolute Gasteiger partial charge is 0.396 e. The van der Waals surface area contributed by atoms with Crippen LogP contribution >= 0.6 is 22.6 Å². The minimum absolute atomic E-state index is 0.0291. The lowest BCUT2D eigenvalue weighted by atomic mass is 10.2. The minimum atomic E-state index is -0.398. The molecule has 0 aliphatic heterocycles. The summed E-state index contributed by atoms with van der Waals surface area (Å²) in [5.41, 5.74) is 0.297. The van der Waals surface area contributed by atoms with Crippen LogP contribution in [-0.4, -0.2) is 24.2 Å². The zero-order valence-corrected chi connectivity index (χ0v) is 10.1. The maximum Gasteiger partial charge on any atom is 0.251 e. The molecule has 0 heterocycles. The standard InChI is InChI=1S/C10H11FINO2/c11-8-6-7(2-3-9(8)12)10(15)13-4-1-5-14/h2-3,6,14H,1,4-5H2,(H,13,15). The number of aliphatic hydroxyl groups is 1. The summed E-state index contributed by atoms with van der Waals surface area (Å²) in [5, 5.41) is 11.1. The van der Waals surface area contributed by atoms with Crippen LogP contribution in [0.15, 0.2) is 18.2 Å². The molecule has 0 aromatic heterocycles. The van der Waals surface area contributed by atoms with Crippen LogP contribution < -0.4 is 5.32 Å². The SMILES string of the molecule is O=C(NCCCO)c1ccc(I)c(F)c1. The molecule has 5 heteroatoms. The Morgan fingerprint density at radius 3 is 2.87 bits per heavy atom. The van der Waals surface area contributed by atoms with Gasteiger partial charge in [-0.05, 0) is 47.2 Å². The molecule has 0 aliphatic carbocycles. The van der Waals surface area contributed by atoms with Crippen molar-refractivity contribution in [3.63, 3.8) is 0 Å². The third-order valence-corrected chi connectivity index (χ3v) is 2.68. The van der Waals surface area contributed by atoms with E-state index in [1.54, 1.807) is 12.1 Å². The number of rotatable bonds is 4. The third-order valence-electron chi connectivity index (χ3n) is 1.80. The summed E-state index contributed by atoms with van der Waals surface area (Å²) in [6, 6.07) is 4.33. The van der Waals surface area contributed by atoms with Crippen molar-refractivity contribution in [3.05, 3.63) is 33.1 Å². The van der Waals surface area contributed by atoms with Crippen LogP contribution in [0.25, 0.3) is 0 Å². The summed E-state index contributed by atoms with van der Waals surface area (Å²) in [6.45, 7) is 0.421. The number of carbonyl (C=O) groups excluding carboxylic acids is 1. The molecule has 1 rings (SSSR count). The molecule has 0 aliphatic rings. The van der Waals surface area contributed by atoms with Gasteiger partial charge in [0.1, 0.15) is 5.82 Å². The molecule has 2 N–H and O–H groups in total. The number of benzene rings is 1. The first-order valence-corrected chi connectivity index (χ1v) is 5.57. The molecule has 3 nitrogen and oxygen atoms in total. The van der Waals surface area contributed by atoms with Crippen LogP contribution in [0.4, 0.5) is 4.39 Å². The van der Waals surface area contributed by atoms with Crippen LogP contribution in [0.1, 0.15) is 16.8 Å². The number of hydrogen-bond donors (Lipinski definition) is 2. The van der Waals surface area contributed by atoms with Crippen molar-refractivity contribution in [1.82, 2.24) is 5.32 Å². The average molecular weight is 323 g/mol. The second kappa shape index (κ2) is 6.02. The molecular weight excluding hydrogens is 312 g/mol. The van der Waals surface area contributed by atoms with E-state index in [-0.39, 0.29) is 12.5 Å². The fraction of sp³-hybridized carbons (Fsp3) is 0.300. The van der Waals surface area contributed by atoms with E-state index >= 15 is 0 Å². The highest BCUT2D eigenvalue weighted by Gasteiger charge is 2.07. The molecule has 1 aromatic carbocycles. The topological polar surface area (TPSA) is 49.3 Å². The van der Waals surface area contributed by atoms with Gasteiger partial charge in [0.05, 0.1) is 0 Å². The first-order valence-electron chi connectivity index (χ1n) is 4.49. The molecule has 0 radical (unpaired) electrons. The van der Waals surface area contributed by atoms with Crippen LogP contribution in [-0.2, 0) is 0 Å². The molecule has 0 saturated heterocycles. The minimum Gasteiger partial charge on any atom is -0.396 e. The highest BCUT2D eigenvalue weighted by Crippen LogP contribution is 2.12. The van der Waals surface area contributed by atoms with E-state index in [4.69, 9.17) is 5.11 Å². The average Bonchev–Trinajstić information content (AvgIpc) is 2.22. The quantitative estimate of drug-likeness (QED) is 0.652. The predicted octanol–water partition coefficient (Wildman–Crippen LogP) is 1.54. The summed E-state index contributed by atoms with van der Waals surface area (Å²) in [6.07, 6.45) is 0.499. The smallest absolute Gasteiger partial charge is 0.251 e. The Bertz CT molecular complexity index is 357. The first-order chi connectivity index (χ1) is 7.15. The van der Waals surface area contributed by atoms with Crippen molar-refractivity contribution >= 4 is 28.5 Å². The zero-order chi connectivity index (χ0) is 11.3. The maximum atomic E-state index is 13.1. The second-order valence-corrected chi connectivity index (χ2v) is 4.12. The van der Waals surface area contributed by atoms with Crippen molar-refractivity contribution in [2.24, 2.45) is 0 Å². The molecular formula is C10H11FINO2. The lowest BCUT2D eigenvalue weighted by Gasteiger charge is -2.04. The monoisotopic (exact) mass is 323 g/mol. The van der Waals surface area contributed by atoms with Crippen molar-refractivity contribution in [2.75, 3.05) is 13.2 Å². The lowest BCUT2D eigenvalue weighted by Crippen LogP contribution is -2.25. The van der Waals surface area contributed by atoms with Crippen molar-refractivity contribution < 1.29 is 14.3 Å². The van der Waals surface area contributed by atoms with Gasteiger partial charge in [-0.25, -0.2) is 4.39 Å². The van der Waals surface area contributed by atoms with E-state index in [1.807, 2.05) is 22.6 Å². The number of aliphatic hydroxyl groups excluding tert-OH is 1. The fourth-order valence-electron chi connectivity index (χ4n) is 1.02. The number of hydrogen-bond acceptors (Lipinski definition) is 2. The summed E-state index contributed by atoms with van der Waals surface area (Å²) in [5.74, 6) is -0.718. The van der Waals surface area contributed by atoms with E-state index in [1.165, 1.54) is 6.07 Å². The van der Waals surface area contributed by atoms with Crippen LogP contribution in [0, 0.1) is 9.39 Å². The van der Waals surface area contributed by atoms with Crippen molar-refractivity contribution in [1.29, 1.82) is 0 Å². The maximum absolute atomic E-state index is 13.1. The molecule has 1 aromatic rings. The van der Waals surface area contributed by atoms with Crippen LogP contribution in [0.5, 0.6) is 0 Å². The number of amides is 1. The van der Waals surface area contributed by atoms with Crippen molar-refractivity contribution in [2.45, 2.75) is 6.42 Å². The zero-order valence-electron chi connectivity index (χ0n) is 7.96. The molecule has 0 unspecified atom stereocenters. The Morgan fingerprint density at radius 2 is 2.27 bits per heavy atom. The molecule has 0 spiro atoms. The van der Waals surface area contributed by atoms with Crippen LogP contribution in [0.3, 0.4) is 0 Å². The number of carbonyl (C=O) groups is 1. The summed E-state index contributed by atoms with van der Waals surface area (Å²) < 4.78 is 13.6. The van der Waals surface area contributed by atoms with Gasteiger partial charge < -0.3 is 10.4 Å². The summed E-state index contributed by atoms with van der Waals surface area (Å²) in [7, 11) is 0. The second-order valence-electron chi connectivity index (χ2n) is 2.96. The van der Waals surface area contributed by atoms with Crippen molar-refractivity contribution in [3.8, 4) is 0 Å². The van der Waals surface area contributed by atoms with E-state index in [9.17, 15) is 9.18 Å². The van der Waals surface area contributed by atoms with E-state index in [0.29, 0.717) is 22.1 Å². The van der Waals surface area contributed by atoms with Gasteiger partial charge in [0, 0.05) is 22.3 Å². The lowest BCUT2D eigenvalue weighted by molar-refractivity contribution is 0.0950. The van der Waals surface area contributed by atoms with E-state index in [2.05, 4.69) is 5.32 Å². The first kappa shape index (κ1) is 12.4. The Hall–Kier alpha value is -0.690. The molecule has 82 valence electrons. The molecule has 0 atom stereocenters. The normalized spacial score (nSPS) is 10.1. The molecule has 0 saturated carbocycles. The van der Waals surface area contributed by atoms with Gasteiger partial charge in [0.25, 0.3) is 5.91 Å². The Morgan fingerprint density at radius 1 is 1.53 bits per heavy atom. The molecule has 0 fully saturated rings. The van der Waals surface area contributed by atoms with Gasteiger partial charge in [0.15, 0.2) is 0 Å². The molecule has 15 heavy (non-hydrogen) atoms. The molecule has 0 bridgehead atoms. The number of halogens is 2. The third kappa shape index (κ3) is 3.75. The van der Waals surface area contributed by atoms with Crippen LogP contribution in [0.2, 0.25) is 0 Å². The van der Waals surface area contributed by atoms with E-state index in [0.717, 1.165) is 0 Å².